The summed E-state index contributed by atoms with van der Waals surface area (Å²) in [6, 6.07) is 17.8. The van der Waals surface area contributed by atoms with Gasteiger partial charge in [0.25, 0.3) is 11.8 Å². The second kappa shape index (κ2) is 12.2. The minimum absolute atomic E-state index is 0.213. The number of benzene rings is 2. The predicted molar refractivity (Wildman–Crippen MR) is 153 cm³/mol. The maximum absolute atomic E-state index is 13.4. The monoisotopic (exact) mass is 566 g/mol. The number of nitrogens with one attached hydrogen (secondary N) is 2. The first-order chi connectivity index (χ1) is 20.5. The number of nitrogens with zero attached hydrogens (tertiary/aromatic N) is 4. The lowest BCUT2D eigenvalue weighted by atomic mass is 10.1. The fraction of sp³-hybridized carbons (Fsp3) is 0.258. The quantitative estimate of drug-likeness (QED) is 0.383. The van der Waals surface area contributed by atoms with Gasteiger partial charge in [0.15, 0.2) is 23.9 Å². The highest BCUT2D eigenvalue weighted by Gasteiger charge is 2.36. The molecule has 3 aliphatic heterocycles. The Morgan fingerprint density at radius 3 is 2.60 bits per heavy atom. The Labute approximate surface area is 242 Å². The molecule has 11 heteroatoms. The maximum atomic E-state index is 13.4. The van der Waals surface area contributed by atoms with Crippen LogP contribution < -0.4 is 24.8 Å². The number of fused-ring (bicyclic) bond motifs is 7. The van der Waals surface area contributed by atoms with Crippen LogP contribution in [0, 0.1) is 0 Å². The molecule has 2 amide bonds. The zero-order chi connectivity index (χ0) is 28.9. The Morgan fingerprint density at radius 2 is 1.83 bits per heavy atom. The lowest BCUT2D eigenvalue weighted by Gasteiger charge is -2.21. The first kappa shape index (κ1) is 27.2. The van der Waals surface area contributed by atoms with Crippen LogP contribution in [0.3, 0.4) is 0 Å². The van der Waals surface area contributed by atoms with Gasteiger partial charge in [0.2, 0.25) is 0 Å². The van der Waals surface area contributed by atoms with E-state index in [4.69, 9.17) is 14.2 Å². The number of ether oxygens (including phenoxy) is 3. The number of likely N-dealkylation sites (tertiary alicyclic amines) is 1. The van der Waals surface area contributed by atoms with Crippen molar-refractivity contribution in [3.63, 3.8) is 0 Å². The third kappa shape index (κ3) is 6.31. The molecule has 11 nitrogen and oxygen atoms in total. The van der Waals surface area contributed by atoms with Crippen molar-refractivity contribution in [1.29, 1.82) is 0 Å². The standard InChI is InChI=1S/C31H30N6O5/c1-40-26-10-7-22-12-27(26)41-19-29(38)33-13-20-5-8-23(9-6-20)42-28-18-37(17-25(28)36-31(22)39)16-21-14-34-30(35-15-21)24-4-2-3-11-32-24/h2-12,14-15,25,28H,13,16-19H2,1H3,(H,33,38)(H,36,39)/t25-,28-/m0/s1. The molecule has 2 aromatic heterocycles. The third-order valence-corrected chi connectivity index (χ3v) is 7.15. The molecule has 0 saturated carbocycles. The first-order valence-electron chi connectivity index (χ1n) is 13.6. The van der Waals surface area contributed by atoms with E-state index in [0.29, 0.717) is 60.5 Å². The molecule has 214 valence electrons. The first-order valence-corrected chi connectivity index (χ1v) is 13.6. The van der Waals surface area contributed by atoms with Crippen LogP contribution in [0.5, 0.6) is 17.2 Å². The SMILES string of the molecule is COc1ccc2cc1OCC(=O)NCc1ccc(cc1)O[C@H]1CN(Cc3cnc(-c4ccccn4)nc3)C[C@@H]1NC2=O. The van der Waals surface area contributed by atoms with Gasteiger partial charge < -0.3 is 24.8 Å². The van der Waals surface area contributed by atoms with E-state index >= 15 is 0 Å². The molecule has 3 aliphatic rings. The molecule has 4 bridgehead atoms. The fourth-order valence-electron chi connectivity index (χ4n) is 5.00. The second-order valence-corrected chi connectivity index (χ2v) is 10.1. The number of carbonyl (C=O) groups is 2. The molecule has 0 radical (unpaired) electrons. The maximum Gasteiger partial charge on any atom is 0.258 e. The van der Waals surface area contributed by atoms with Crippen molar-refractivity contribution in [2.45, 2.75) is 25.2 Å². The Balaban J connectivity index is 1.23. The van der Waals surface area contributed by atoms with Crippen molar-refractivity contribution in [3.05, 3.63) is 95.9 Å². The molecule has 1 fully saturated rings. The van der Waals surface area contributed by atoms with Gasteiger partial charge >= 0.3 is 0 Å². The number of pyridine rings is 1. The van der Waals surface area contributed by atoms with Gasteiger partial charge in [0.1, 0.15) is 17.5 Å². The third-order valence-electron chi connectivity index (χ3n) is 7.15. The molecular weight excluding hydrogens is 536 g/mol. The molecule has 2 aromatic carbocycles. The van der Waals surface area contributed by atoms with Crippen molar-refractivity contribution in [2.24, 2.45) is 0 Å². The van der Waals surface area contributed by atoms with E-state index in [0.717, 1.165) is 11.1 Å². The zero-order valence-corrected chi connectivity index (χ0v) is 23.0. The normalized spacial score (nSPS) is 19.1. The van der Waals surface area contributed by atoms with Gasteiger partial charge in [-0.1, -0.05) is 18.2 Å². The highest BCUT2D eigenvalue weighted by molar-refractivity contribution is 5.95. The number of aromatic nitrogens is 3. The second-order valence-electron chi connectivity index (χ2n) is 10.1. The van der Waals surface area contributed by atoms with Crippen LogP contribution >= 0.6 is 0 Å². The predicted octanol–water partition coefficient (Wildman–Crippen LogP) is 2.62. The van der Waals surface area contributed by atoms with E-state index in [1.807, 2.05) is 42.5 Å². The van der Waals surface area contributed by atoms with Gasteiger partial charge in [-0.3, -0.25) is 19.5 Å². The lowest BCUT2D eigenvalue weighted by molar-refractivity contribution is -0.123. The number of hydrogen-bond acceptors (Lipinski definition) is 9. The number of amides is 2. The van der Waals surface area contributed by atoms with Crippen molar-refractivity contribution < 1.29 is 23.8 Å². The molecule has 0 aliphatic carbocycles. The van der Waals surface area contributed by atoms with Crippen LogP contribution in [0.15, 0.2) is 79.3 Å². The van der Waals surface area contributed by atoms with Crippen LogP contribution in [0.25, 0.3) is 11.5 Å². The topological polar surface area (TPSA) is 128 Å². The Bertz CT molecular complexity index is 1550. The molecule has 4 aromatic rings. The molecule has 5 heterocycles. The lowest BCUT2D eigenvalue weighted by Crippen LogP contribution is -2.45. The van der Waals surface area contributed by atoms with Crippen LogP contribution in [0.4, 0.5) is 0 Å². The summed E-state index contributed by atoms with van der Waals surface area (Å²) in [5.74, 6) is 1.41. The van der Waals surface area contributed by atoms with E-state index < -0.39 is 0 Å². The van der Waals surface area contributed by atoms with Crippen LogP contribution in [0.2, 0.25) is 0 Å². The van der Waals surface area contributed by atoms with E-state index in [1.54, 1.807) is 36.8 Å². The summed E-state index contributed by atoms with van der Waals surface area (Å²) in [6.07, 6.45) is 5.02. The van der Waals surface area contributed by atoms with Crippen LogP contribution in [-0.4, -0.2) is 70.6 Å². The minimum Gasteiger partial charge on any atom is -0.493 e. The molecule has 2 N–H and O–H groups in total. The summed E-state index contributed by atoms with van der Waals surface area (Å²) < 4.78 is 17.5. The summed E-state index contributed by atoms with van der Waals surface area (Å²) in [4.78, 5) is 41.3. The summed E-state index contributed by atoms with van der Waals surface area (Å²) in [5, 5.41) is 5.99. The Kier molecular flexibility index (Phi) is 7.91. The Morgan fingerprint density at radius 1 is 1.00 bits per heavy atom. The van der Waals surface area contributed by atoms with E-state index in [9.17, 15) is 9.59 Å². The number of hydrogen-bond donors (Lipinski definition) is 2. The highest BCUT2D eigenvalue weighted by atomic mass is 16.5. The molecule has 2 atom stereocenters. The summed E-state index contributed by atoms with van der Waals surface area (Å²) in [5.41, 5.74) is 2.97. The van der Waals surface area contributed by atoms with Crippen molar-refractivity contribution in [2.75, 3.05) is 26.8 Å². The van der Waals surface area contributed by atoms with Gasteiger partial charge in [0.05, 0.1) is 13.2 Å². The van der Waals surface area contributed by atoms with E-state index in [2.05, 4.69) is 30.5 Å². The summed E-state index contributed by atoms with van der Waals surface area (Å²) in [7, 11) is 1.51. The van der Waals surface area contributed by atoms with Gasteiger partial charge in [-0.15, -0.1) is 0 Å². The smallest absolute Gasteiger partial charge is 0.258 e. The fourth-order valence-corrected chi connectivity index (χ4v) is 5.00. The van der Waals surface area contributed by atoms with Crippen LogP contribution in [0.1, 0.15) is 21.5 Å². The average molecular weight is 567 g/mol. The molecule has 0 unspecified atom stereocenters. The van der Waals surface area contributed by atoms with Gasteiger partial charge in [0, 0.05) is 55.9 Å². The van der Waals surface area contributed by atoms with Gasteiger partial charge in [-0.2, -0.15) is 0 Å². The number of carbonyl (C=O) groups excluding carboxylic acids is 2. The van der Waals surface area contributed by atoms with E-state index in [-0.39, 0.29) is 30.6 Å². The van der Waals surface area contributed by atoms with Gasteiger partial charge in [-0.05, 0) is 48.0 Å². The average Bonchev–Trinajstić information content (AvgIpc) is 3.39. The Hall–Kier alpha value is -5.03. The number of methoxy groups -OCH3 is 1. The van der Waals surface area contributed by atoms with Crippen LogP contribution in [-0.2, 0) is 17.9 Å². The van der Waals surface area contributed by atoms with Crippen molar-refractivity contribution in [3.8, 4) is 28.8 Å². The van der Waals surface area contributed by atoms with Gasteiger partial charge in [-0.25, -0.2) is 9.97 Å². The molecule has 0 spiro atoms. The molecule has 1 saturated heterocycles. The largest absolute Gasteiger partial charge is 0.493 e. The van der Waals surface area contributed by atoms with E-state index in [1.165, 1.54) is 7.11 Å². The highest BCUT2D eigenvalue weighted by Crippen LogP contribution is 2.29. The summed E-state index contributed by atoms with van der Waals surface area (Å²) in [6.45, 7) is 1.87. The molecule has 42 heavy (non-hydrogen) atoms. The van der Waals surface area contributed by atoms with Crippen molar-refractivity contribution in [1.82, 2.24) is 30.5 Å². The molecular formula is C31H30N6O5. The minimum atomic E-state index is -0.308. The number of rotatable bonds is 4. The molecule has 7 rings (SSSR count). The summed E-state index contributed by atoms with van der Waals surface area (Å²) >= 11 is 0. The zero-order valence-electron chi connectivity index (χ0n) is 23.0. The van der Waals surface area contributed by atoms with Crippen molar-refractivity contribution >= 4 is 11.8 Å².